The largest absolute Gasteiger partial charge is 0.488 e. The van der Waals surface area contributed by atoms with E-state index in [1.54, 1.807) is 20.1 Å². The number of anilines is 2. The minimum atomic E-state index is -0.362. The van der Waals surface area contributed by atoms with E-state index < -0.39 is 0 Å². The lowest BCUT2D eigenvalue weighted by molar-refractivity contribution is 0.0329. The van der Waals surface area contributed by atoms with Crippen molar-refractivity contribution < 1.29 is 18.7 Å². The molecule has 1 aliphatic rings. The highest BCUT2D eigenvalue weighted by Crippen LogP contribution is 2.37. The Bertz CT molecular complexity index is 1080. The van der Waals surface area contributed by atoms with Gasteiger partial charge >= 0.3 is 0 Å². The van der Waals surface area contributed by atoms with Gasteiger partial charge in [-0.3, -0.25) is 4.79 Å². The van der Waals surface area contributed by atoms with Crippen LogP contribution in [-0.2, 0) is 4.74 Å². The number of methoxy groups -OCH3 is 1. The van der Waals surface area contributed by atoms with Crippen LogP contribution in [0, 0.1) is 12.7 Å². The van der Waals surface area contributed by atoms with Crippen molar-refractivity contribution in [2.45, 2.75) is 51.7 Å². The number of thiophene rings is 1. The van der Waals surface area contributed by atoms with Gasteiger partial charge in [0.15, 0.2) is 5.78 Å². The van der Waals surface area contributed by atoms with Gasteiger partial charge in [-0.05, 0) is 57.2 Å². The van der Waals surface area contributed by atoms with Crippen LogP contribution in [-0.4, -0.2) is 35.1 Å². The SMILES string of the molecule is COC1CCC(Oc2cc(F)ccc2Nc2ncnc3sc(C(C)=O)c(C)c23)CC1. The fourth-order valence-electron chi connectivity index (χ4n) is 3.89. The van der Waals surface area contributed by atoms with E-state index in [2.05, 4.69) is 15.3 Å². The van der Waals surface area contributed by atoms with Gasteiger partial charge < -0.3 is 14.8 Å². The van der Waals surface area contributed by atoms with Crippen LogP contribution in [0.5, 0.6) is 5.75 Å². The Kier molecular flexibility index (Phi) is 5.97. The average molecular weight is 430 g/mol. The van der Waals surface area contributed by atoms with Crippen molar-refractivity contribution in [2.24, 2.45) is 0 Å². The molecule has 1 fully saturated rings. The van der Waals surface area contributed by atoms with Crippen molar-refractivity contribution in [1.29, 1.82) is 0 Å². The molecule has 2 heterocycles. The summed E-state index contributed by atoms with van der Waals surface area (Å²) in [5.41, 5.74) is 1.47. The fraction of sp³-hybridized carbons (Fsp3) is 0.409. The van der Waals surface area contributed by atoms with Crippen LogP contribution < -0.4 is 10.1 Å². The Balaban J connectivity index is 1.63. The molecule has 0 saturated heterocycles. The van der Waals surface area contributed by atoms with E-state index in [1.807, 2.05) is 6.92 Å². The number of halogens is 1. The molecule has 158 valence electrons. The first-order valence-electron chi connectivity index (χ1n) is 9.97. The maximum absolute atomic E-state index is 14.0. The molecule has 0 amide bonds. The molecule has 3 aromatic rings. The second-order valence-corrected chi connectivity index (χ2v) is 8.53. The Morgan fingerprint density at radius 3 is 2.63 bits per heavy atom. The molecule has 0 spiro atoms. The molecule has 2 aromatic heterocycles. The number of benzene rings is 1. The van der Waals surface area contributed by atoms with Crippen molar-refractivity contribution in [3.63, 3.8) is 0 Å². The number of carbonyl (C=O) groups is 1. The highest BCUT2D eigenvalue weighted by Gasteiger charge is 2.24. The van der Waals surface area contributed by atoms with Crippen molar-refractivity contribution >= 4 is 38.8 Å². The highest BCUT2D eigenvalue weighted by molar-refractivity contribution is 7.20. The van der Waals surface area contributed by atoms with Crippen LogP contribution in [0.3, 0.4) is 0 Å². The van der Waals surface area contributed by atoms with Gasteiger partial charge in [0.1, 0.15) is 28.5 Å². The van der Waals surface area contributed by atoms with Gasteiger partial charge in [-0.25, -0.2) is 14.4 Å². The molecule has 0 unspecified atom stereocenters. The van der Waals surface area contributed by atoms with Crippen LogP contribution in [0.2, 0.25) is 0 Å². The second-order valence-electron chi connectivity index (χ2n) is 7.53. The first-order valence-corrected chi connectivity index (χ1v) is 10.8. The number of rotatable bonds is 6. The Labute approximate surface area is 178 Å². The summed E-state index contributed by atoms with van der Waals surface area (Å²) < 4.78 is 25.6. The van der Waals surface area contributed by atoms with Gasteiger partial charge in [0.25, 0.3) is 0 Å². The number of aryl methyl sites for hydroxylation is 1. The second kappa shape index (κ2) is 8.65. The molecule has 0 radical (unpaired) electrons. The van der Waals surface area contributed by atoms with Gasteiger partial charge in [0.2, 0.25) is 0 Å². The van der Waals surface area contributed by atoms with E-state index in [-0.39, 0.29) is 23.8 Å². The Hall–Kier alpha value is -2.58. The molecule has 6 nitrogen and oxygen atoms in total. The van der Waals surface area contributed by atoms with Gasteiger partial charge in [0.05, 0.1) is 28.2 Å². The lowest BCUT2D eigenvalue weighted by atomic mass is 9.95. The van der Waals surface area contributed by atoms with Crippen LogP contribution in [0.15, 0.2) is 24.5 Å². The lowest BCUT2D eigenvalue weighted by Gasteiger charge is -2.28. The molecule has 1 N–H and O–H groups in total. The Morgan fingerprint density at radius 2 is 1.93 bits per heavy atom. The zero-order chi connectivity index (χ0) is 21.3. The zero-order valence-corrected chi connectivity index (χ0v) is 18.0. The van der Waals surface area contributed by atoms with Crippen LogP contribution in [0.4, 0.5) is 15.9 Å². The van der Waals surface area contributed by atoms with Crippen molar-refractivity contribution in [3.05, 3.63) is 40.8 Å². The van der Waals surface area contributed by atoms with Gasteiger partial charge in [-0.2, -0.15) is 0 Å². The summed E-state index contributed by atoms with van der Waals surface area (Å²) in [6, 6.07) is 4.43. The molecule has 1 saturated carbocycles. The van der Waals surface area contributed by atoms with Crippen molar-refractivity contribution in [2.75, 3.05) is 12.4 Å². The summed E-state index contributed by atoms with van der Waals surface area (Å²) in [7, 11) is 1.73. The lowest BCUT2D eigenvalue weighted by Crippen LogP contribution is -2.27. The van der Waals surface area contributed by atoms with Gasteiger partial charge in [-0.15, -0.1) is 11.3 Å². The minimum absolute atomic E-state index is 0.00100. The van der Waals surface area contributed by atoms with Crippen LogP contribution >= 0.6 is 11.3 Å². The third-order valence-corrected chi connectivity index (χ3v) is 6.79. The molecule has 1 aromatic carbocycles. The molecule has 0 bridgehead atoms. The van der Waals surface area contributed by atoms with E-state index in [4.69, 9.17) is 9.47 Å². The number of fused-ring (bicyclic) bond motifs is 1. The number of hydrogen-bond acceptors (Lipinski definition) is 7. The summed E-state index contributed by atoms with van der Waals surface area (Å²) >= 11 is 1.35. The quantitative estimate of drug-likeness (QED) is 0.528. The summed E-state index contributed by atoms with van der Waals surface area (Å²) in [4.78, 5) is 22.0. The molecule has 30 heavy (non-hydrogen) atoms. The number of nitrogens with zero attached hydrogens (tertiary/aromatic N) is 2. The zero-order valence-electron chi connectivity index (χ0n) is 17.2. The summed E-state index contributed by atoms with van der Waals surface area (Å²) in [6.45, 7) is 3.43. The first-order chi connectivity index (χ1) is 14.5. The smallest absolute Gasteiger partial charge is 0.170 e. The number of aromatic nitrogens is 2. The molecular weight excluding hydrogens is 405 g/mol. The van der Waals surface area contributed by atoms with E-state index in [0.717, 1.165) is 41.5 Å². The molecule has 0 atom stereocenters. The maximum atomic E-state index is 14.0. The van der Waals surface area contributed by atoms with E-state index in [9.17, 15) is 9.18 Å². The monoisotopic (exact) mass is 429 g/mol. The number of Topliss-reactive ketones (excluding diaryl/α,β-unsaturated/α-hetero) is 1. The van der Waals surface area contributed by atoms with Gasteiger partial charge in [-0.1, -0.05) is 0 Å². The van der Waals surface area contributed by atoms with E-state index in [1.165, 1.54) is 29.8 Å². The minimum Gasteiger partial charge on any atom is -0.488 e. The molecule has 8 heteroatoms. The van der Waals surface area contributed by atoms with E-state index in [0.29, 0.717) is 22.1 Å². The van der Waals surface area contributed by atoms with E-state index >= 15 is 0 Å². The summed E-state index contributed by atoms with van der Waals surface area (Å²) in [5, 5.41) is 4.07. The normalized spacial score (nSPS) is 19.1. The maximum Gasteiger partial charge on any atom is 0.170 e. The molecule has 4 rings (SSSR count). The summed E-state index contributed by atoms with van der Waals surface area (Å²) in [6.07, 6.45) is 5.30. The third-order valence-electron chi connectivity index (χ3n) is 5.49. The third kappa shape index (κ3) is 4.15. The molecule has 1 aliphatic carbocycles. The highest BCUT2D eigenvalue weighted by atomic mass is 32.1. The molecular formula is C22H24FN3O3S. The first kappa shape index (κ1) is 20.7. The number of ether oxygens (including phenoxy) is 2. The van der Waals surface area contributed by atoms with Gasteiger partial charge in [0, 0.05) is 13.2 Å². The standard InChI is InChI=1S/C22H24FN3O3S/c1-12-19-21(24-11-25-22(19)30-20(12)13(2)27)26-17-9-4-14(23)10-18(17)29-16-7-5-15(28-3)6-8-16/h4,9-11,15-16H,5-8H2,1-3H3,(H,24,25,26). The number of hydrogen-bond donors (Lipinski definition) is 1. The van der Waals surface area contributed by atoms with Crippen molar-refractivity contribution in [3.8, 4) is 5.75 Å². The number of nitrogens with one attached hydrogen (secondary N) is 1. The predicted octanol–water partition coefficient (Wildman–Crippen LogP) is 5.42. The Morgan fingerprint density at radius 1 is 1.20 bits per heavy atom. The van der Waals surface area contributed by atoms with Crippen LogP contribution in [0.25, 0.3) is 10.2 Å². The van der Waals surface area contributed by atoms with Crippen molar-refractivity contribution in [1.82, 2.24) is 9.97 Å². The summed E-state index contributed by atoms with van der Waals surface area (Å²) in [5.74, 6) is 0.654. The van der Waals surface area contributed by atoms with Crippen LogP contribution in [0.1, 0.15) is 47.8 Å². The molecule has 0 aliphatic heterocycles. The average Bonchev–Trinajstić information content (AvgIpc) is 3.08. The topological polar surface area (TPSA) is 73.3 Å². The predicted molar refractivity (Wildman–Crippen MR) is 116 cm³/mol. The number of ketones is 1. The fourth-order valence-corrected chi connectivity index (χ4v) is 4.94. The number of carbonyl (C=O) groups excluding carboxylic acids is 1.